The molecule has 0 aliphatic carbocycles. The number of ether oxygens (including phenoxy) is 1. The van der Waals surface area contributed by atoms with Crippen molar-refractivity contribution in [3.8, 4) is 0 Å². The monoisotopic (exact) mass is 288 g/mol. The predicted octanol–water partition coefficient (Wildman–Crippen LogP) is 2.42. The second kappa shape index (κ2) is 7.31. The van der Waals surface area contributed by atoms with Crippen molar-refractivity contribution >= 4 is 23.2 Å². The van der Waals surface area contributed by atoms with Gasteiger partial charge in [-0.2, -0.15) is 0 Å². The fourth-order valence-electron chi connectivity index (χ4n) is 2.01. The fraction of sp³-hybridized carbons (Fsp3) is 0.538. The second-order valence-electron chi connectivity index (χ2n) is 4.41. The van der Waals surface area contributed by atoms with Crippen LogP contribution in [0.3, 0.4) is 0 Å². The number of nitrogens with zero attached hydrogens (tertiary/aromatic N) is 1. The fourth-order valence-corrected chi connectivity index (χ4v) is 2.58. The molecule has 0 saturated carbocycles. The van der Waals surface area contributed by atoms with Gasteiger partial charge < -0.3 is 10.1 Å². The molecule has 1 saturated heterocycles. The molecule has 1 aromatic rings. The summed E-state index contributed by atoms with van der Waals surface area (Å²) in [6.45, 7) is 6.58. The van der Waals surface area contributed by atoms with Gasteiger partial charge in [0.25, 0.3) is 0 Å². The van der Waals surface area contributed by atoms with E-state index < -0.39 is 0 Å². The van der Waals surface area contributed by atoms with Crippen LogP contribution in [-0.4, -0.2) is 44.3 Å². The molecule has 0 bridgehead atoms. The van der Waals surface area contributed by atoms with Crippen molar-refractivity contribution in [1.82, 2.24) is 10.2 Å². The number of benzene rings is 1. The van der Waals surface area contributed by atoms with Crippen LogP contribution in [0.5, 0.6) is 0 Å². The van der Waals surface area contributed by atoms with E-state index >= 15 is 0 Å². The Morgan fingerprint density at radius 3 is 2.44 bits per heavy atom. The third kappa shape index (κ3) is 4.75. The Balaban J connectivity index is 1.68. The minimum Gasteiger partial charge on any atom is -0.379 e. The van der Waals surface area contributed by atoms with Gasteiger partial charge in [0.2, 0.25) is 0 Å². The Hall–Kier alpha value is -0.320. The van der Waals surface area contributed by atoms with Gasteiger partial charge in [-0.15, -0.1) is 0 Å². The summed E-state index contributed by atoms with van der Waals surface area (Å²) >= 11 is 11.9. The van der Waals surface area contributed by atoms with E-state index in [1.54, 1.807) is 6.07 Å². The van der Waals surface area contributed by atoms with E-state index in [1.165, 1.54) is 0 Å². The number of nitrogens with one attached hydrogen (secondary N) is 1. The Morgan fingerprint density at radius 2 is 1.78 bits per heavy atom. The third-order valence-electron chi connectivity index (χ3n) is 2.96. The zero-order valence-electron chi connectivity index (χ0n) is 10.3. The van der Waals surface area contributed by atoms with E-state index in [0.717, 1.165) is 51.5 Å². The first kappa shape index (κ1) is 14.1. The first-order valence-corrected chi connectivity index (χ1v) is 6.95. The van der Waals surface area contributed by atoms with Crippen molar-refractivity contribution < 1.29 is 4.74 Å². The van der Waals surface area contributed by atoms with Crippen molar-refractivity contribution in [3.63, 3.8) is 0 Å². The molecule has 2 rings (SSSR count). The lowest BCUT2D eigenvalue weighted by Crippen LogP contribution is -2.40. The molecule has 1 aliphatic heterocycles. The quantitative estimate of drug-likeness (QED) is 0.843. The summed E-state index contributed by atoms with van der Waals surface area (Å²) in [5.41, 5.74) is 1.12. The average Bonchev–Trinajstić information content (AvgIpc) is 2.35. The number of halogens is 2. The van der Waals surface area contributed by atoms with E-state index in [4.69, 9.17) is 27.9 Å². The minimum absolute atomic E-state index is 0.687. The van der Waals surface area contributed by atoms with Crippen LogP contribution in [-0.2, 0) is 11.3 Å². The molecule has 1 aromatic carbocycles. The lowest BCUT2D eigenvalue weighted by atomic mass is 10.2. The maximum atomic E-state index is 5.95. The van der Waals surface area contributed by atoms with Crippen molar-refractivity contribution in [2.75, 3.05) is 39.4 Å². The van der Waals surface area contributed by atoms with E-state index in [1.807, 2.05) is 12.1 Å². The molecule has 1 N–H and O–H groups in total. The van der Waals surface area contributed by atoms with Crippen LogP contribution >= 0.6 is 23.2 Å². The molecule has 0 atom stereocenters. The highest BCUT2D eigenvalue weighted by Gasteiger charge is 2.08. The van der Waals surface area contributed by atoms with E-state index in [9.17, 15) is 0 Å². The highest BCUT2D eigenvalue weighted by Crippen LogP contribution is 2.18. The first-order chi connectivity index (χ1) is 8.74. The zero-order chi connectivity index (χ0) is 12.8. The Bertz CT molecular complexity index is 361. The number of hydrogen-bond acceptors (Lipinski definition) is 3. The molecule has 3 nitrogen and oxygen atoms in total. The van der Waals surface area contributed by atoms with Gasteiger partial charge in [0.05, 0.1) is 13.2 Å². The standard InChI is InChI=1S/C13H18Cl2N2O/c14-12-7-11(8-13(15)9-12)10-16-1-2-17-3-5-18-6-4-17/h7-9,16H,1-6,10H2. The van der Waals surface area contributed by atoms with Gasteiger partial charge in [0.1, 0.15) is 0 Å². The molecular formula is C13H18Cl2N2O. The highest BCUT2D eigenvalue weighted by atomic mass is 35.5. The van der Waals surface area contributed by atoms with Gasteiger partial charge in [-0.25, -0.2) is 0 Å². The molecule has 18 heavy (non-hydrogen) atoms. The SMILES string of the molecule is Clc1cc(Cl)cc(CNCCN2CCOCC2)c1. The van der Waals surface area contributed by atoms with Crippen molar-refractivity contribution in [3.05, 3.63) is 33.8 Å². The van der Waals surface area contributed by atoms with Crippen molar-refractivity contribution in [2.45, 2.75) is 6.54 Å². The topological polar surface area (TPSA) is 24.5 Å². The lowest BCUT2D eigenvalue weighted by Gasteiger charge is -2.26. The lowest BCUT2D eigenvalue weighted by molar-refractivity contribution is 0.0384. The Kier molecular flexibility index (Phi) is 5.73. The molecule has 1 heterocycles. The van der Waals surface area contributed by atoms with Gasteiger partial charge in [0, 0.05) is 42.8 Å². The summed E-state index contributed by atoms with van der Waals surface area (Å²) in [5.74, 6) is 0. The smallest absolute Gasteiger partial charge is 0.0594 e. The normalized spacial score (nSPS) is 17.0. The van der Waals surface area contributed by atoms with Gasteiger partial charge >= 0.3 is 0 Å². The third-order valence-corrected chi connectivity index (χ3v) is 3.40. The molecule has 0 unspecified atom stereocenters. The predicted molar refractivity (Wildman–Crippen MR) is 75.4 cm³/mol. The summed E-state index contributed by atoms with van der Waals surface area (Å²) in [4.78, 5) is 2.40. The van der Waals surface area contributed by atoms with Gasteiger partial charge in [-0.05, 0) is 23.8 Å². The molecule has 0 radical (unpaired) electrons. The molecule has 0 aromatic heterocycles. The van der Waals surface area contributed by atoms with Crippen LogP contribution in [0.15, 0.2) is 18.2 Å². The number of rotatable bonds is 5. The minimum atomic E-state index is 0.687. The van der Waals surface area contributed by atoms with E-state index in [2.05, 4.69) is 10.2 Å². The molecular weight excluding hydrogens is 271 g/mol. The molecule has 0 spiro atoms. The van der Waals surface area contributed by atoms with E-state index in [0.29, 0.717) is 10.0 Å². The van der Waals surface area contributed by atoms with Gasteiger partial charge in [0.15, 0.2) is 0 Å². The number of morpholine rings is 1. The molecule has 1 aliphatic rings. The Morgan fingerprint density at radius 1 is 1.11 bits per heavy atom. The zero-order valence-corrected chi connectivity index (χ0v) is 11.8. The molecule has 100 valence electrons. The average molecular weight is 289 g/mol. The maximum absolute atomic E-state index is 5.95. The van der Waals surface area contributed by atoms with Crippen LogP contribution in [0.1, 0.15) is 5.56 Å². The van der Waals surface area contributed by atoms with Crippen LogP contribution in [0, 0.1) is 0 Å². The summed E-state index contributed by atoms with van der Waals surface area (Å²) in [6, 6.07) is 5.63. The number of hydrogen-bond donors (Lipinski definition) is 1. The highest BCUT2D eigenvalue weighted by molar-refractivity contribution is 6.34. The summed E-state index contributed by atoms with van der Waals surface area (Å²) < 4.78 is 5.31. The maximum Gasteiger partial charge on any atom is 0.0594 e. The second-order valence-corrected chi connectivity index (χ2v) is 5.28. The summed E-state index contributed by atoms with van der Waals surface area (Å²) in [5, 5.41) is 4.78. The molecule has 1 fully saturated rings. The van der Waals surface area contributed by atoms with Gasteiger partial charge in [-0.3, -0.25) is 4.90 Å². The largest absolute Gasteiger partial charge is 0.379 e. The van der Waals surface area contributed by atoms with Crippen LogP contribution in [0.25, 0.3) is 0 Å². The summed E-state index contributed by atoms with van der Waals surface area (Å²) in [7, 11) is 0. The van der Waals surface area contributed by atoms with Gasteiger partial charge in [-0.1, -0.05) is 23.2 Å². The Labute approximate surface area is 118 Å². The summed E-state index contributed by atoms with van der Waals surface area (Å²) in [6.07, 6.45) is 0. The molecule has 5 heteroatoms. The van der Waals surface area contributed by atoms with Crippen LogP contribution in [0.2, 0.25) is 10.0 Å². The van der Waals surface area contributed by atoms with E-state index in [-0.39, 0.29) is 0 Å². The van der Waals surface area contributed by atoms with Crippen LogP contribution in [0.4, 0.5) is 0 Å². The molecule has 0 amide bonds. The van der Waals surface area contributed by atoms with Crippen LogP contribution < -0.4 is 5.32 Å². The van der Waals surface area contributed by atoms with Crippen molar-refractivity contribution in [1.29, 1.82) is 0 Å². The van der Waals surface area contributed by atoms with Crippen molar-refractivity contribution in [2.24, 2.45) is 0 Å². The first-order valence-electron chi connectivity index (χ1n) is 6.20.